The summed E-state index contributed by atoms with van der Waals surface area (Å²) < 4.78 is 5.50. The van der Waals surface area contributed by atoms with Crippen molar-refractivity contribution in [1.29, 1.82) is 0 Å². The molecule has 3 fully saturated rings. The summed E-state index contributed by atoms with van der Waals surface area (Å²) in [6.45, 7) is 12.1. The molecule has 3 saturated heterocycles. The predicted molar refractivity (Wildman–Crippen MR) is 129 cm³/mol. The second-order valence-corrected chi connectivity index (χ2v) is 10.7. The summed E-state index contributed by atoms with van der Waals surface area (Å²) in [5.41, 5.74) is 5.63. The Morgan fingerprint density at radius 1 is 1.00 bits per heavy atom. The number of anilines is 3. The van der Waals surface area contributed by atoms with Crippen LogP contribution in [0.2, 0.25) is 0 Å². The Morgan fingerprint density at radius 2 is 1.73 bits per heavy atom. The lowest BCUT2D eigenvalue weighted by molar-refractivity contribution is 0.0269. The quantitative estimate of drug-likeness (QED) is 0.724. The fourth-order valence-corrected chi connectivity index (χ4v) is 5.19. The summed E-state index contributed by atoms with van der Waals surface area (Å²) in [7, 11) is 1.80. The van der Waals surface area contributed by atoms with Crippen LogP contribution in [-0.2, 0) is 4.74 Å². The van der Waals surface area contributed by atoms with Gasteiger partial charge in [0.25, 0.3) is 0 Å². The van der Waals surface area contributed by atoms with Crippen molar-refractivity contribution in [3.8, 4) is 0 Å². The molecule has 2 N–H and O–H groups in total. The zero-order chi connectivity index (χ0) is 23.6. The molecule has 3 aliphatic heterocycles. The van der Waals surface area contributed by atoms with E-state index in [1.165, 1.54) is 25.8 Å². The molecule has 1 aromatic heterocycles. The van der Waals surface area contributed by atoms with Crippen molar-refractivity contribution in [2.45, 2.75) is 64.5 Å². The van der Waals surface area contributed by atoms with Crippen LogP contribution in [0.15, 0.2) is 0 Å². The number of carbonyl (C=O) groups excluding carboxylic acids is 1. The number of ether oxygens (including phenoxy) is 1. The lowest BCUT2D eigenvalue weighted by Crippen LogP contribution is -2.55. The van der Waals surface area contributed by atoms with Crippen molar-refractivity contribution in [1.82, 2.24) is 24.8 Å². The van der Waals surface area contributed by atoms with Gasteiger partial charge in [0.1, 0.15) is 5.60 Å². The zero-order valence-corrected chi connectivity index (χ0v) is 20.7. The molecule has 10 nitrogen and oxygen atoms in total. The maximum atomic E-state index is 12.4. The lowest BCUT2D eigenvalue weighted by Gasteiger charge is -2.44. The summed E-state index contributed by atoms with van der Waals surface area (Å²) in [5, 5.41) is 0. The molecule has 10 heteroatoms. The molecule has 4 rings (SSSR count). The van der Waals surface area contributed by atoms with Crippen molar-refractivity contribution in [2.24, 2.45) is 5.92 Å². The van der Waals surface area contributed by atoms with Crippen molar-refractivity contribution in [2.75, 3.05) is 68.4 Å². The van der Waals surface area contributed by atoms with Gasteiger partial charge in [-0.3, -0.25) is 4.90 Å². The first kappa shape index (κ1) is 23.8. The molecule has 0 bridgehead atoms. The third-order valence-corrected chi connectivity index (χ3v) is 6.79. The molecular formula is C23H40N8O2. The van der Waals surface area contributed by atoms with Crippen molar-refractivity contribution < 1.29 is 9.53 Å². The number of piperidine rings is 2. The number of rotatable bonds is 4. The molecule has 0 spiro atoms. The zero-order valence-electron chi connectivity index (χ0n) is 20.7. The van der Waals surface area contributed by atoms with Gasteiger partial charge in [-0.05, 0) is 58.9 Å². The van der Waals surface area contributed by atoms with Gasteiger partial charge in [-0.15, -0.1) is 0 Å². The van der Waals surface area contributed by atoms with E-state index in [0.29, 0.717) is 30.4 Å². The number of nitrogens with zero attached hydrogens (tertiary/aromatic N) is 7. The predicted octanol–water partition coefficient (Wildman–Crippen LogP) is 2.21. The van der Waals surface area contributed by atoms with Gasteiger partial charge in [-0.25, -0.2) is 4.79 Å². The molecule has 0 aliphatic carbocycles. The molecule has 2 atom stereocenters. The van der Waals surface area contributed by atoms with Crippen molar-refractivity contribution in [3.63, 3.8) is 0 Å². The second-order valence-electron chi connectivity index (χ2n) is 10.7. The van der Waals surface area contributed by atoms with E-state index in [0.717, 1.165) is 45.6 Å². The summed E-state index contributed by atoms with van der Waals surface area (Å²) >= 11 is 0. The number of nitrogen functional groups attached to an aromatic ring is 1. The maximum absolute atomic E-state index is 12.4. The molecular weight excluding hydrogens is 420 g/mol. The second kappa shape index (κ2) is 9.87. The first-order valence-corrected chi connectivity index (χ1v) is 12.4. The van der Waals surface area contributed by atoms with E-state index in [-0.39, 0.29) is 12.0 Å². The Labute approximate surface area is 197 Å². The molecule has 33 heavy (non-hydrogen) atoms. The van der Waals surface area contributed by atoms with Gasteiger partial charge in [0.2, 0.25) is 17.8 Å². The maximum Gasteiger partial charge on any atom is 0.410 e. The van der Waals surface area contributed by atoms with E-state index in [1.54, 1.807) is 11.9 Å². The average molecular weight is 461 g/mol. The highest BCUT2D eigenvalue weighted by Crippen LogP contribution is 2.26. The van der Waals surface area contributed by atoms with Gasteiger partial charge in [-0.2, -0.15) is 15.0 Å². The molecule has 1 aromatic rings. The van der Waals surface area contributed by atoms with Crippen LogP contribution in [-0.4, -0.2) is 95.3 Å². The highest BCUT2D eigenvalue weighted by atomic mass is 16.6. The van der Waals surface area contributed by atoms with E-state index in [9.17, 15) is 4.79 Å². The third-order valence-electron chi connectivity index (χ3n) is 6.79. The lowest BCUT2D eigenvalue weighted by atomic mass is 9.98. The van der Waals surface area contributed by atoms with E-state index in [4.69, 9.17) is 15.5 Å². The Kier molecular flexibility index (Phi) is 7.11. The Hall–Kier alpha value is -2.36. The van der Waals surface area contributed by atoms with Crippen LogP contribution in [0.1, 0.15) is 52.9 Å². The summed E-state index contributed by atoms with van der Waals surface area (Å²) in [6.07, 6.45) is 5.64. The Balaban J connectivity index is 1.40. The minimum absolute atomic E-state index is 0.272. The van der Waals surface area contributed by atoms with Crippen LogP contribution in [0.3, 0.4) is 0 Å². The number of amides is 1. The number of carbonyl (C=O) groups is 1. The van der Waals surface area contributed by atoms with Gasteiger partial charge in [0, 0.05) is 52.4 Å². The van der Waals surface area contributed by atoms with E-state index < -0.39 is 5.60 Å². The largest absolute Gasteiger partial charge is 0.444 e. The summed E-state index contributed by atoms with van der Waals surface area (Å²) in [6, 6.07) is 0.580. The molecule has 4 heterocycles. The molecule has 1 amide bonds. The van der Waals surface area contributed by atoms with Crippen LogP contribution in [0.5, 0.6) is 0 Å². The van der Waals surface area contributed by atoms with Crippen LogP contribution < -0.4 is 15.5 Å². The fraction of sp³-hybridized carbons (Fsp3) is 0.826. The minimum Gasteiger partial charge on any atom is -0.444 e. The monoisotopic (exact) mass is 460 g/mol. The van der Waals surface area contributed by atoms with E-state index >= 15 is 0 Å². The fourth-order valence-electron chi connectivity index (χ4n) is 5.19. The number of piperazine rings is 1. The van der Waals surface area contributed by atoms with Gasteiger partial charge >= 0.3 is 6.09 Å². The molecule has 0 saturated carbocycles. The van der Waals surface area contributed by atoms with E-state index in [1.807, 2.05) is 20.8 Å². The van der Waals surface area contributed by atoms with E-state index in [2.05, 4.69) is 24.7 Å². The van der Waals surface area contributed by atoms with Crippen LogP contribution in [0.25, 0.3) is 0 Å². The van der Waals surface area contributed by atoms with Gasteiger partial charge in [0.05, 0.1) is 0 Å². The molecule has 3 aliphatic rings. The normalized spacial score (nSPS) is 24.4. The number of aromatic nitrogens is 3. The SMILES string of the molecule is CN(CC1CCCN(c2nc(N)nc(N3CCN4CCCC[C@H]4C3)n2)C1)C(=O)OC(C)(C)C. The Bertz CT molecular complexity index is 829. The topological polar surface area (TPSA) is 104 Å². The number of fused-ring (bicyclic) bond motifs is 1. The summed E-state index contributed by atoms with van der Waals surface area (Å²) in [5.74, 6) is 1.93. The smallest absolute Gasteiger partial charge is 0.410 e. The standard InChI is InChI=1S/C23H40N8O2/c1-23(2,3)33-22(32)28(4)14-17-8-7-11-30(15-17)20-25-19(24)26-21(27-20)31-13-12-29-10-6-5-9-18(29)16-31/h17-18H,5-16H2,1-4H3,(H2,24,25,26,27)/t17?,18-/m0/s1. The van der Waals surface area contributed by atoms with Crippen LogP contribution >= 0.6 is 0 Å². The first-order chi connectivity index (χ1) is 15.7. The summed E-state index contributed by atoms with van der Waals surface area (Å²) in [4.78, 5) is 34.9. The highest BCUT2D eigenvalue weighted by molar-refractivity contribution is 5.67. The van der Waals surface area contributed by atoms with Crippen LogP contribution in [0.4, 0.5) is 22.6 Å². The van der Waals surface area contributed by atoms with Gasteiger partial charge in [0.15, 0.2) is 0 Å². The number of hydrogen-bond donors (Lipinski definition) is 1. The van der Waals surface area contributed by atoms with Crippen LogP contribution in [0, 0.1) is 5.92 Å². The third kappa shape index (κ3) is 6.16. The first-order valence-electron chi connectivity index (χ1n) is 12.4. The number of nitrogens with two attached hydrogens (primary N) is 1. The van der Waals surface area contributed by atoms with Crippen molar-refractivity contribution >= 4 is 23.9 Å². The van der Waals surface area contributed by atoms with Gasteiger partial charge in [-0.1, -0.05) is 6.42 Å². The Morgan fingerprint density at radius 3 is 2.45 bits per heavy atom. The van der Waals surface area contributed by atoms with Gasteiger partial charge < -0.3 is 25.2 Å². The van der Waals surface area contributed by atoms with Crippen molar-refractivity contribution in [3.05, 3.63) is 0 Å². The molecule has 184 valence electrons. The highest BCUT2D eigenvalue weighted by Gasteiger charge is 2.31. The average Bonchev–Trinajstić information content (AvgIpc) is 2.77. The molecule has 1 unspecified atom stereocenters. The molecule has 0 radical (unpaired) electrons. The minimum atomic E-state index is -0.494. The number of hydrogen-bond acceptors (Lipinski definition) is 9. The molecule has 0 aromatic carbocycles.